The molecule has 0 aliphatic carbocycles. The molecule has 262 valence electrons. The standard InChI is InChI=1S/C24H35N5O2.C14H11FN4/c1-5-27(18-24(2,3)19-31-4)17-22(30)29-15-13-28(14-16-29)21-9-7-20(8-10-21)23-25-11-6-12-26-23;1-2-17-9-3-4-13-11(7-9)14(19-18-13)10-5-6-16-8-12(10)15/h6-12H,5,13-19H2,1-4H3;2-8,17H,1H2,(H,18,19). The lowest BCUT2D eigenvalue weighted by molar-refractivity contribution is -0.133. The quantitative estimate of drug-likeness (QED) is 0.161. The van der Waals surface area contributed by atoms with E-state index in [0.717, 1.165) is 67.2 Å². The SMILES string of the molecule is C=CNc1ccc2[nH]nc(-c3ccncc3F)c2c1.CCN(CC(=O)N1CCN(c2ccc(-c3ncccn3)cc2)CC1)CC(C)(C)COC. The number of anilines is 2. The third-order valence-corrected chi connectivity index (χ3v) is 8.54. The molecule has 12 heteroatoms. The van der Waals surface area contributed by atoms with E-state index in [4.69, 9.17) is 4.74 Å². The van der Waals surface area contributed by atoms with Gasteiger partial charge in [-0.25, -0.2) is 14.4 Å². The summed E-state index contributed by atoms with van der Waals surface area (Å²) in [5, 5.41) is 10.9. The zero-order chi connectivity index (χ0) is 35.5. The van der Waals surface area contributed by atoms with Gasteiger partial charge in [0.05, 0.1) is 24.9 Å². The molecule has 0 radical (unpaired) electrons. The number of H-pyrrole nitrogens is 1. The molecular formula is C38H46FN9O2. The van der Waals surface area contributed by atoms with E-state index in [-0.39, 0.29) is 11.3 Å². The monoisotopic (exact) mass is 679 g/mol. The Labute approximate surface area is 293 Å². The number of hydrogen-bond donors (Lipinski definition) is 2. The maximum absolute atomic E-state index is 13.8. The van der Waals surface area contributed by atoms with Gasteiger partial charge in [-0.3, -0.25) is 19.8 Å². The van der Waals surface area contributed by atoms with Crippen LogP contribution in [0.2, 0.25) is 0 Å². The van der Waals surface area contributed by atoms with Crippen molar-refractivity contribution in [1.82, 2.24) is 34.9 Å². The van der Waals surface area contributed by atoms with E-state index in [2.05, 4.69) is 91.9 Å². The number of rotatable bonds is 12. The summed E-state index contributed by atoms with van der Waals surface area (Å²) < 4.78 is 19.1. The van der Waals surface area contributed by atoms with E-state index >= 15 is 0 Å². The number of piperazine rings is 1. The van der Waals surface area contributed by atoms with Gasteiger partial charge in [-0.05, 0) is 67.3 Å². The number of fused-ring (bicyclic) bond motifs is 1. The van der Waals surface area contributed by atoms with Crippen LogP contribution in [0.1, 0.15) is 20.8 Å². The van der Waals surface area contributed by atoms with Crippen LogP contribution in [0.5, 0.6) is 0 Å². The van der Waals surface area contributed by atoms with Gasteiger partial charge in [-0.2, -0.15) is 5.10 Å². The van der Waals surface area contributed by atoms with Gasteiger partial charge in [-0.15, -0.1) is 0 Å². The lowest BCUT2D eigenvalue weighted by Gasteiger charge is -2.38. The number of aromatic nitrogens is 5. The lowest BCUT2D eigenvalue weighted by atomic mass is 9.94. The molecule has 0 spiro atoms. The molecule has 1 saturated heterocycles. The second-order valence-electron chi connectivity index (χ2n) is 12.9. The summed E-state index contributed by atoms with van der Waals surface area (Å²) in [5.74, 6) is 0.558. The minimum atomic E-state index is -0.391. The van der Waals surface area contributed by atoms with Crippen molar-refractivity contribution in [3.63, 3.8) is 0 Å². The number of likely N-dealkylation sites (N-methyl/N-ethyl adjacent to an activating group) is 1. The zero-order valence-corrected chi connectivity index (χ0v) is 29.3. The average molecular weight is 680 g/mol. The van der Waals surface area contributed by atoms with Gasteiger partial charge in [-0.1, -0.05) is 27.4 Å². The van der Waals surface area contributed by atoms with Crippen molar-refractivity contribution >= 4 is 28.2 Å². The highest BCUT2D eigenvalue weighted by Gasteiger charge is 2.26. The summed E-state index contributed by atoms with van der Waals surface area (Å²) in [6, 6.07) is 17.4. The van der Waals surface area contributed by atoms with Gasteiger partial charge in [0.1, 0.15) is 5.69 Å². The summed E-state index contributed by atoms with van der Waals surface area (Å²) >= 11 is 0. The number of amides is 1. The van der Waals surface area contributed by atoms with Crippen molar-refractivity contribution in [3.8, 4) is 22.6 Å². The number of benzene rings is 2. The smallest absolute Gasteiger partial charge is 0.236 e. The Morgan fingerprint density at radius 3 is 2.48 bits per heavy atom. The second kappa shape index (κ2) is 17.0. The number of ether oxygens (including phenoxy) is 1. The number of pyridine rings is 1. The Morgan fingerprint density at radius 1 is 1.08 bits per heavy atom. The highest BCUT2D eigenvalue weighted by molar-refractivity contribution is 5.95. The molecule has 4 heterocycles. The Kier molecular flexibility index (Phi) is 12.2. The summed E-state index contributed by atoms with van der Waals surface area (Å²) in [4.78, 5) is 31.8. The second-order valence-corrected chi connectivity index (χ2v) is 12.9. The fourth-order valence-corrected chi connectivity index (χ4v) is 6.09. The van der Waals surface area contributed by atoms with Crippen molar-refractivity contribution in [3.05, 3.63) is 98.0 Å². The summed E-state index contributed by atoms with van der Waals surface area (Å²) in [6.07, 6.45) is 7.83. The molecule has 1 amide bonds. The molecule has 50 heavy (non-hydrogen) atoms. The number of aromatic amines is 1. The number of nitrogens with one attached hydrogen (secondary N) is 2. The molecule has 1 aliphatic rings. The molecule has 1 fully saturated rings. The number of carbonyl (C=O) groups excluding carboxylic acids is 1. The molecule has 0 unspecified atom stereocenters. The van der Waals surface area contributed by atoms with E-state index in [1.807, 2.05) is 29.2 Å². The average Bonchev–Trinajstić information content (AvgIpc) is 3.55. The number of carbonyl (C=O) groups is 1. The van der Waals surface area contributed by atoms with Crippen LogP contribution in [0.4, 0.5) is 15.8 Å². The minimum Gasteiger partial charge on any atom is -0.384 e. The zero-order valence-electron chi connectivity index (χ0n) is 29.3. The maximum atomic E-state index is 13.8. The third kappa shape index (κ3) is 9.27. The molecule has 6 rings (SSSR count). The largest absolute Gasteiger partial charge is 0.384 e. The summed E-state index contributed by atoms with van der Waals surface area (Å²) in [5.41, 5.74) is 4.93. The minimum absolute atomic E-state index is 0.0285. The molecule has 1 aliphatic heterocycles. The first-order valence-corrected chi connectivity index (χ1v) is 16.8. The highest BCUT2D eigenvalue weighted by Crippen LogP contribution is 2.30. The maximum Gasteiger partial charge on any atom is 0.236 e. The van der Waals surface area contributed by atoms with Gasteiger partial charge in [0.25, 0.3) is 0 Å². The van der Waals surface area contributed by atoms with Crippen LogP contribution in [-0.2, 0) is 9.53 Å². The third-order valence-electron chi connectivity index (χ3n) is 8.54. The molecule has 5 aromatic rings. The molecule has 2 N–H and O–H groups in total. The first-order valence-electron chi connectivity index (χ1n) is 16.8. The van der Waals surface area contributed by atoms with Crippen LogP contribution in [-0.4, -0.2) is 100 Å². The van der Waals surface area contributed by atoms with Gasteiger partial charge in [0.2, 0.25) is 5.91 Å². The highest BCUT2D eigenvalue weighted by atomic mass is 19.1. The van der Waals surface area contributed by atoms with E-state index in [1.165, 1.54) is 11.9 Å². The molecule has 3 aromatic heterocycles. The Balaban J connectivity index is 0.000000217. The first-order chi connectivity index (χ1) is 24.2. The number of hydrogen-bond acceptors (Lipinski definition) is 9. The molecule has 2 aromatic carbocycles. The van der Waals surface area contributed by atoms with Crippen LogP contribution in [0.3, 0.4) is 0 Å². The van der Waals surface area contributed by atoms with Crippen molar-refractivity contribution in [2.24, 2.45) is 5.41 Å². The van der Waals surface area contributed by atoms with E-state index < -0.39 is 5.82 Å². The van der Waals surface area contributed by atoms with Crippen LogP contribution < -0.4 is 10.2 Å². The molecule has 0 atom stereocenters. The van der Waals surface area contributed by atoms with Crippen LogP contribution >= 0.6 is 0 Å². The van der Waals surface area contributed by atoms with Gasteiger partial charge < -0.3 is 19.9 Å². The van der Waals surface area contributed by atoms with Gasteiger partial charge in [0.15, 0.2) is 11.6 Å². The van der Waals surface area contributed by atoms with Crippen molar-refractivity contribution in [1.29, 1.82) is 0 Å². The molecular weight excluding hydrogens is 633 g/mol. The van der Waals surface area contributed by atoms with E-state index in [9.17, 15) is 9.18 Å². The Hall–Kier alpha value is -5.20. The van der Waals surface area contributed by atoms with Crippen molar-refractivity contribution < 1.29 is 13.9 Å². The predicted molar refractivity (Wildman–Crippen MR) is 197 cm³/mol. The fraction of sp³-hybridized carbons (Fsp3) is 0.342. The molecule has 11 nitrogen and oxygen atoms in total. The Bertz CT molecular complexity index is 1840. The fourth-order valence-electron chi connectivity index (χ4n) is 6.09. The first kappa shape index (κ1) is 36.1. The number of nitrogens with zero attached hydrogens (tertiary/aromatic N) is 7. The number of methoxy groups -OCH3 is 1. The Morgan fingerprint density at radius 2 is 1.82 bits per heavy atom. The topological polar surface area (TPSA) is 115 Å². The van der Waals surface area contributed by atoms with E-state index in [0.29, 0.717) is 24.4 Å². The van der Waals surface area contributed by atoms with Crippen LogP contribution in [0.15, 0.2) is 92.2 Å². The lowest BCUT2D eigenvalue weighted by Crippen LogP contribution is -2.52. The van der Waals surface area contributed by atoms with Gasteiger partial charge in [0, 0.05) is 91.7 Å². The molecule has 0 saturated carbocycles. The van der Waals surface area contributed by atoms with Crippen LogP contribution in [0, 0.1) is 11.2 Å². The van der Waals surface area contributed by atoms with Gasteiger partial charge >= 0.3 is 0 Å². The van der Waals surface area contributed by atoms with Crippen molar-refractivity contribution in [2.75, 3.05) is 69.7 Å². The van der Waals surface area contributed by atoms with Crippen LogP contribution in [0.25, 0.3) is 33.5 Å². The number of halogens is 1. The predicted octanol–water partition coefficient (Wildman–Crippen LogP) is 6.11. The summed E-state index contributed by atoms with van der Waals surface area (Å²) in [6.45, 7) is 16.1. The normalized spacial score (nSPS) is 13.2. The van der Waals surface area contributed by atoms with Crippen molar-refractivity contribution in [2.45, 2.75) is 20.8 Å². The van der Waals surface area contributed by atoms with E-state index in [1.54, 1.807) is 38.0 Å². The molecule has 0 bridgehead atoms. The summed E-state index contributed by atoms with van der Waals surface area (Å²) in [7, 11) is 1.73.